The smallest absolute Gasteiger partial charge is 0.133 e. The Morgan fingerprint density at radius 2 is 2.00 bits per heavy atom. The van der Waals surface area contributed by atoms with Gasteiger partial charge in [-0.05, 0) is 64.7 Å². The maximum atomic E-state index is 6.03. The van der Waals surface area contributed by atoms with Gasteiger partial charge in [-0.25, -0.2) is 0 Å². The summed E-state index contributed by atoms with van der Waals surface area (Å²) >= 11 is 9.58. The second-order valence-electron chi connectivity index (χ2n) is 4.93. The third kappa shape index (κ3) is 4.65. The van der Waals surface area contributed by atoms with Gasteiger partial charge in [0.15, 0.2) is 0 Å². The van der Waals surface area contributed by atoms with E-state index in [1.54, 1.807) is 0 Å². The topological polar surface area (TPSA) is 21.3 Å². The Hall–Kier alpha value is -1.19. The number of rotatable bonds is 6. The number of ether oxygens (including phenoxy) is 1. The predicted octanol–water partition coefficient (Wildman–Crippen LogP) is 5.81. The Morgan fingerprint density at radius 3 is 2.71 bits per heavy atom. The van der Waals surface area contributed by atoms with Crippen LogP contribution in [-0.2, 0) is 6.54 Å². The first kappa shape index (κ1) is 16.2. The lowest BCUT2D eigenvalue weighted by Crippen LogP contribution is -2.02. The van der Waals surface area contributed by atoms with Crippen molar-refractivity contribution in [3.05, 3.63) is 57.0 Å². The maximum absolute atomic E-state index is 6.03. The molecular weight excluding hydrogens is 350 g/mol. The molecule has 0 bridgehead atoms. The molecule has 21 heavy (non-hydrogen) atoms. The molecule has 0 aliphatic heterocycles. The molecule has 0 spiro atoms. The summed E-state index contributed by atoms with van der Waals surface area (Å²) in [5, 5.41) is 4.16. The van der Waals surface area contributed by atoms with Crippen molar-refractivity contribution in [2.75, 3.05) is 11.9 Å². The molecule has 0 heterocycles. The van der Waals surface area contributed by atoms with Gasteiger partial charge in [0.2, 0.25) is 0 Å². The van der Waals surface area contributed by atoms with Gasteiger partial charge in [-0.15, -0.1) is 0 Å². The van der Waals surface area contributed by atoms with Crippen molar-refractivity contribution >= 4 is 33.2 Å². The Bertz CT molecular complexity index is 616. The van der Waals surface area contributed by atoms with Crippen LogP contribution in [0.25, 0.3) is 0 Å². The molecule has 0 aliphatic carbocycles. The van der Waals surface area contributed by atoms with Gasteiger partial charge in [-0.3, -0.25) is 0 Å². The quantitative estimate of drug-likeness (QED) is 0.694. The second kappa shape index (κ2) is 7.71. The summed E-state index contributed by atoms with van der Waals surface area (Å²) in [4.78, 5) is 0. The van der Waals surface area contributed by atoms with Crippen molar-refractivity contribution in [3.8, 4) is 5.75 Å². The highest BCUT2D eigenvalue weighted by molar-refractivity contribution is 9.10. The number of aryl methyl sites for hydroxylation is 1. The van der Waals surface area contributed by atoms with E-state index in [1.807, 2.05) is 24.3 Å². The van der Waals surface area contributed by atoms with Gasteiger partial charge in [-0.2, -0.15) is 0 Å². The summed E-state index contributed by atoms with van der Waals surface area (Å²) in [5.74, 6) is 0.888. The first-order valence-electron chi connectivity index (χ1n) is 7.01. The molecule has 0 atom stereocenters. The lowest BCUT2D eigenvalue weighted by atomic mass is 10.1. The summed E-state index contributed by atoms with van der Waals surface area (Å²) in [6, 6.07) is 12.0. The molecule has 112 valence electrons. The number of hydrogen-bond acceptors (Lipinski definition) is 2. The van der Waals surface area contributed by atoms with E-state index < -0.39 is 0 Å². The fourth-order valence-electron chi connectivity index (χ4n) is 1.97. The van der Waals surface area contributed by atoms with E-state index in [9.17, 15) is 0 Å². The second-order valence-corrected chi connectivity index (χ2v) is 6.22. The lowest BCUT2D eigenvalue weighted by Gasteiger charge is -2.12. The fraction of sp³-hybridized carbons (Fsp3) is 0.294. The molecule has 4 heteroatoms. The van der Waals surface area contributed by atoms with Crippen molar-refractivity contribution in [1.29, 1.82) is 0 Å². The molecular formula is C17H19BrClNO. The third-order valence-electron chi connectivity index (χ3n) is 3.14. The first-order valence-corrected chi connectivity index (χ1v) is 8.18. The summed E-state index contributed by atoms with van der Waals surface area (Å²) < 4.78 is 6.64. The molecule has 0 fully saturated rings. The molecule has 0 saturated heterocycles. The Balaban J connectivity index is 2.03. The van der Waals surface area contributed by atoms with Gasteiger partial charge < -0.3 is 10.1 Å². The standard InChI is InChI=1S/C17H19BrClNO/c1-3-8-21-17-7-5-13(9-15(17)18)11-20-16-10-14(19)6-4-12(16)2/h4-7,9-10,20H,3,8,11H2,1-2H3. The van der Waals surface area contributed by atoms with Crippen LogP contribution in [0, 0.1) is 6.92 Å². The molecule has 2 nitrogen and oxygen atoms in total. The van der Waals surface area contributed by atoms with E-state index in [0.717, 1.165) is 40.5 Å². The maximum Gasteiger partial charge on any atom is 0.133 e. The number of anilines is 1. The summed E-state index contributed by atoms with van der Waals surface area (Å²) in [5.41, 5.74) is 3.43. The van der Waals surface area contributed by atoms with Crippen molar-refractivity contribution in [2.24, 2.45) is 0 Å². The molecule has 2 aromatic rings. The first-order chi connectivity index (χ1) is 10.1. The van der Waals surface area contributed by atoms with Crippen LogP contribution < -0.4 is 10.1 Å². The minimum atomic E-state index is 0.734. The summed E-state index contributed by atoms with van der Waals surface area (Å²) in [6.45, 7) is 5.64. The van der Waals surface area contributed by atoms with Crippen molar-refractivity contribution in [3.63, 3.8) is 0 Å². The van der Waals surface area contributed by atoms with Gasteiger partial charge >= 0.3 is 0 Å². The van der Waals surface area contributed by atoms with E-state index in [0.29, 0.717) is 0 Å². The van der Waals surface area contributed by atoms with Gasteiger partial charge in [0.25, 0.3) is 0 Å². The normalized spacial score (nSPS) is 10.5. The van der Waals surface area contributed by atoms with Crippen molar-refractivity contribution in [2.45, 2.75) is 26.8 Å². The van der Waals surface area contributed by atoms with E-state index in [1.165, 1.54) is 11.1 Å². The zero-order valence-electron chi connectivity index (χ0n) is 12.2. The van der Waals surface area contributed by atoms with E-state index in [2.05, 4.69) is 47.2 Å². The molecule has 0 unspecified atom stereocenters. The van der Waals surface area contributed by atoms with Gasteiger partial charge in [-0.1, -0.05) is 30.7 Å². The average molecular weight is 369 g/mol. The van der Waals surface area contributed by atoms with Gasteiger partial charge in [0.1, 0.15) is 5.75 Å². The zero-order valence-corrected chi connectivity index (χ0v) is 14.6. The minimum absolute atomic E-state index is 0.734. The highest BCUT2D eigenvalue weighted by Gasteiger charge is 2.04. The van der Waals surface area contributed by atoms with Crippen LogP contribution in [0.15, 0.2) is 40.9 Å². The van der Waals surface area contributed by atoms with Crippen LogP contribution in [0.4, 0.5) is 5.69 Å². The minimum Gasteiger partial charge on any atom is -0.492 e. The molecule has 2 rings (SSSR count). The number of benzene rings is 2. The zero-order chi connectivity index (χ0) is 15.2. The highest BCUT2D eigenvalue weighted by atomic mass is 79.9. The van der Waals surface area contributed by atoms with Crippen LogP contribution in [0.5, 0.6) is 5.75 Å². The monoisotopic (exact) mass is 367 g/mol. The Morgan fingerprint density at radius 1 is 1.19 bits per heavy atom. The lowest BCUT2D eigenvalue weighted by molar-refractivity contribution is 0.315. The van der Waals surface area contributed by atoms with Crippen LogP contribution in [0.3, 0.4) is 0 Å². The van der Waals surface area contributed by atoms with Crippen LogP contribution in [0.2, 0.25) is 5.02 Å². The highest BCUT2D eigenvalue weighted by Crippen LogP contribution is 2.27. The van der Waals surface area contributed by atoms with Crippen LogP contribution >= 0.6 is 27.5 Å². The van der Waals surface area contributed by atoms with Gasteiger partial charge in [0.05, 0.1) is 11.1 Å². The molecule has 0 saturated carbocycles. The predicted molar refractivity (Wildman–Crippen MR) is 93.4 cm³/mol. The van der Waals surface area contributed by atoms with Crippen molar-refractivity contribution < 1.29 is 4.74 Å². The largest absolute Gasteiger partial charge is 0.492 e. The summed E-state index contributed by atoms with van der Waals surface area (Å²) in [7, 11) is 0. The van der Waals surface area contributed by atoms with E-state index in [-0.39, 0.29) is 0 Å². The fourth-order valence-corrected chi connectivity index (χ4v) is 2.68. The third-order valence-corrected chi connectivity index (χ3v) is 4.00. The molecule has 0 amide bonds. The van der Waals surface area contributed by atoms with Gasteiger partial charge in [0, 0.05) is 17.3 Å². The summed E-state index contributed by atoms with van der Waals surface area (Å²) in [6.07, 6.45) is 1.00. The van der Waals surface area contributed by atoms with E-state index in [4.69, 9.17) is 16.3 Å². The molecule has 2 aromatic carbocycles. The molecule has 0 radical (unpaired) electrons. The van der Waals surface area contributed by atoms with Crippen LogP contribution in [-0.4, -0.2) is 6.61 Å². The molecule has 0 aliphatic rings. The average Bonchev–Trinajstić information content (AvgIpc) is 2.47. The number of nitrogens with one attached hydrogen (secondary N) is 1. The molecule has 0 aromatic heterocycles. The molecule has 1 N–H and O–H groups in total. The van der Waals surface area contributed by atoms with E-state index >= 15 is 0 Å². The van der Waals surface area contributed by atoms with Crippen LogP contribution in [0.1, 0.15) is 24.5 Å². The Kier molecular flexibility index (Phi) is 5.95. The van der Waals surface area contributed by atoms with Crippen molar-refractivity contribution in [1.82, 2.24) is 0 Å². The number of halogens is 2. The Labute approximate surface area is 139 Å². The number of hydrogen-bond donors (Lipinski definition) is 1. The SMILES string of the molecule is CCCOc1ccc(CNc2cc(Cl)ccc2C)cc1Br.